The zero-order valence-electron chi connectivity index (χ0n) is 15.3. The molecule has 1 N–H and O–H groups in total. The van der Waals surface area contributed by atoms with E-state index in [1.54, 1.807) is 17.1 Å². The molecule has 0 saturated carbocycles. The van der Waals surface area contributed by atoms with Gasteiger partial charge in [-0.1, -0.05) is 48.5 Å². The van der Waals surface area contributed by atoms with Gasteiger partial charge in [-0.15, -0.1) is 0 Å². The average molecular weight is 371 g/mol. The standard InChI is InChI=1S/C22H21N5O/c28-22(21(26-15-7-13-24-26)19-8-3-1-4-9-19)23-14-12-18-16-25-27(17-18)20-10-5-2-6-11-20/h1-11,13,15-17,21H,12,14H2,(H,23,28)/t21-/m0/s1. The number of carbonyl (C=O) groups excluding carboxylic acids is 1. The van der Waals surface area contributed by atoms with Gasteiger partial charge in [-0.05, 0) is 35.7 Å². The van der Waals surface area contributed by atoms with E-state index in [1.807, 2.05) is 83.8 Å². The molecule has 0 unspecified atom stereocenters. The molecule has 0 spiro atoms. The van der Waals surface area contributed by atoms with E-state index in [1.165, 1.54) is 0 Å². The maximum atomic E-state index is 12.9. The molecule has 140 valence electrons. The third-order valence-corrected chi connectivity index (χ3v) is 4.52. The number of carbonyl (C=O) groups is 1. The SMILES string of the molecule is O=C(NCCc1cnn(-c2ccccc2)c1)[C@H](c1ccccc1)n1cccn1. The fourth-order valence-electron chi connectivity index (χ4n) is 3.13. The summed E-state index contributed by atoms with van der Waals surface area (Å²) >= 11 is 0. The Morgan fingerprint density at radius 3 is 2.43 bits per heavy atom. The monoisotopic (exact) mass is 371 g/mol. The third kappa shape index (κ3) is 4.01. The molecular formula is C22H21N5O. The van der Waals surface area contributed by atoms with Crippen LogP contribution in [0.25, 0.3) is 5.69 Å². The molecule has 6 heteroatoms. The summed E-state index contributed by atoms with van der Waals surface area (Å²) in [6.45, 7) is 0.532. The normalized spacial score (nSPS) is 11.9. The number of benzene rings is 2. The van der Waals surface area contributed by atoms with Crippen LogP contribution in [-0.4, -0.2) is 32.0 Å². The van der Waals surface area contributed by atoms with Crippen molar-refractivity contribution in [2.24, 2.45) is 0 Å². The molecule has 0 aliphatic heterocycles. The lowest BCUT2D eigenvalue weighted by atomic mass is 10.1. The number of nitrogens with zero attached hydrogens (tertiary/aromatic N) is 4. The van der Waals surface area contributed by atoms with Crippen molar-refractivity contribution in [1.82, 2.24) is 24.9 Å². The van der Waals surface area contributed by atoms with Crippen molar-refractivity contribution < 1.29 is 4.79 Å². The second-order valence-corrected chi connectivity index (χ2v) is 6.47. The summed E-state index contributed by atoms with van der Waals surface area (Å²) in [5, 5.41) is 11.7. The maximum Gasteiger partial charge on any atom is 0.249 e. The van der Waals surface area contributed by atoms with Crippen LogP contribution in [0.3, 0.4) is 0 Å². The molecule has 2 heterocycles. The molecular weight excluding hydrogens is 350 g/mol. The molecule has 0 aliphatic carbocycles. The molecule has 2 aromatic heterocycles. The van der Waals surface area contributed by atoms with Crippen LogP contribution in [-0.2, 0) is 11.2 Å². The Balaban J connectivity index is 1.40. The lowest BCUT2D eigenvalue weighted by Crippen LogP contribution is -2.34. The quantitative estimate of drug-likeness (QED) is 0.543. The molecule has 6 nitrogen and oxygen atoms in total. The van der Waals surface area contributed by atoms with Gasteiger partial charge >= 0.3 is 0 Å². The molecule has 0 bridgehead atoms. The first-order chi connectivity index (χ1) is 13.8. The molecule has 0 saturated heterocycles. The Kier molecular flexibility index (Phi) is 5.29. The van der Waals surface area contributed by atoms with E-state index in [4.69, 9.17) is 0 Å². The van der Waals surface area contributed by atoms with E-state index >= 15 is 0 Å². The fraction of sp³-hybridized carbons (Fsp3) is 0.136. The van der Waals surface area contributed by atoms with Crippen LogP contribution in [0.15, 0.2) is 91.5 Å². The van der Waals surface area contributed by atoms with Crippen LogP contribution in [0.4, 0.5) is 0 Å². The number of amides is 1. The minimum Gasteiger partial charge on any atom is -0.354 e. The molecule has 0 fully saturated rings. The van der Waals surface area contributed by atoms with Crippen molar-refractivity contribution in [3.05, 3.63) is 103 Å². The van der Waals surface area contributed by atoms with Crippen LogP contribution in [0.5, 0.6) is 0 Å². The van der Waals surface area contributed by atoms with Gasteiger partial charge in [0.2, 0.25) is 5.91 Å². The first-order valence-corrected chi connectivity index (χ1v) is 9.22. The van der Waals surface area contributed by atoms with Crippen LogP contribution >= 0.6 is 0 Å². The summed E-state index contributed by atoms with van der Waals surface area (Å²) in [5.41, 5.74) is 2.99. The smallest absolute Gasteiger partial charge is 0.249 e. The molecule has 4 rings (SSSR count). The van der Waals surface area contributed by atoms with Gasteiger partial charge in [0.1, 0.15) is 0 Å². The first kappa shape index (κ1) is 17.7. The van der Waals surface area contributed by atoms with Gasteiger partial charge in [-0.3, -0.25) is 9.48 Å². The summed E-state index contributed by atoms with van der Waals surface area (Å²) in [4.78, 5) is 12.9. The second kappa shape index (κ2) is 8.35. The highest BCUT2D eigenvalue weighted by molar-refractivity contribution is 5.83. The van der Waals surface area contributed by atoms with E-state index < -0.39 is 6.04 Å². The maximum absolute atomic E-state index is 12.9. The summed E-state index contributed by atoms with van der Waals surface area (Å²) < 4.78 is 3.52. The minimum absolute atomic E-state index is 0.0784. The lowest BCUT2D eigenvalue weighted by Gasteiger charge is -2.17. The zero-order valence-corrected chi connectivity index (χ0v) is 15.3. The van der Waals surface area contributed by atoms with Crippen molar-refractivity contribution >= 4 is 5.91 Å². The highest BCUT2D eigenvalue weighted by Crippen LogP contribution is 2.17. The summed E-state index contributed by atoms with van der Waals surface area (Å²) in [6, 6.07) is 21.0. The van der Waals surface area contributed by atoms with Gasteiger partial charge < -0.3 is 5.32 Å². The second-order valence-electron chi connectivity index (χ2n) is 6.47. The van der Waals surface area contributed by atoms with Crippen LogP contribution < -0.4 is 5.32 Å². The van der Waals surface area contributed by atoms with Crippen molar-refractivity contribution in [3.8, 4) is 5.69 Å². The Morgan fingerprint density at radius 1 is 0.964 bits per heavy atom. The molecule has 2 aromatic carbocycles. The lowest BCUT2D eigenvalue weighted by molar-refractivity contribution is -0.123. The Labute approximate surface area is 163 Å². The van der Waals surface area contributed by atoms with Crippen molar-refractivity contribution in [2.45, 2.75) is 12.5 Å². The van der Waals surface area contributed by atoms with E-state index in [-0.39, 0.29) is 5.91 Å². The highest BCUT2D eigenvalue weighted by Gasteiger charge is 2.22. The first-order valence-electron chi connectivity index (χ1n) is 9.22. The van der Waals surface area contributed by atoms with Crippen molar-refractivity contribution in [3.63, 3.8) is 0 Å². The zero-order chi connectivity index (χ0) is 19.2. The largest absolute Gasteiger partial charge is 0.354 e. The van der Waals surface area contributed by atoms with Gasteiger partial charge in [-0.25, -0.2) is 4.68 Å². The number of hydrogen-bond acceptors (Lipinski definition) is 3. The molecule has 4 aromatic rings. The predicted molar refractivity (Wildman–Crippen MR) is 107 cm³/mol. The predicted octanol–water partition coefficient (Wildman–Crippen LogP) is 3.02. The molecule has 0 aliphatic rings. The molecule has 1 atom stereocenters. The average Bonchev–Trinajstić information content (AvgIpc) is 3.42. The van der Waals surface area contributed by atoms with Gasteiger partial charge in [-0.2, -0.15) is 10.2 Å². The number of para-hydroxylation sites is 1. The van der Waals surface area contributed by atoms with Crippen LogP contribution in [0.2, 0.25) is 0 Å². The van der Waals surface area contributed by atoms with E-state index in [2.05, 4.69) is 15.5 Å². The third-order valence-electron chi connectivity index (χ3n) is 4.52. The minimum atomic E-state index is -0.483. The van der Waals surface area contributed by atoms with Crippen LogP contribution in [0.1, 0.15) is 17.2 Å². The topological polar surface area (TPSA) is 64.7 Å². The number of aromatic nitrogens is 4. The number of rotatable bonds is 7. The number of nitrogens with one attached hydrogen (secondary N) is 1. The van der Waals surface area contributed by atoms with E-state index in [0.717, 1.165) is 16.8 Å². The van der Waals surface area contributed by atoms with Gasteiger partial charge in [0.15, 0.2) is 6.04 Å². The highest BCUT2D eigenvalue weighted by atomic mass is 16.2. The fourth-order valence-corrected chi connectivity index (χ4v) is 3.13. The van der Waals surface area contributed by atoms with Crippen LogP contribution in [0, 0.1) is 0 Å². The van der Waals surface area contributed by atoms with E-state index in [0.29, 0.717) is 13.0 Å². The Bertz CT molecular complexity index is 1010. The molecule has 1 amide bonds. The summed E-state index contributed by atoms with van der Waals surface area (Å²) in [6.07, 6.45) is 8.02. The Morgan fingerprint density at radius 2 is 1.71 bits per heavy atom. The Hall–Kier alpha value is -3.67. The summed E-state index contributed by atoms with van der Waals surface area (Å²) in [7, 11) is 0. The molecule has 0 radical (unpaired) electrons. The van der Waals surface area contributed by atoms with Crippen molar-refractivity contribution in [1.29, 1.82) is 0 Å². The van der Waals surface area contributed by atoms with Gasteiger partial charge in [0.05, 0.1) is 11.9 Å². The van der Waals surface area contributed by atoms with Gasteiger partial charge in [0.25, 0.3) is 0 Å². The summed E-state index contributed by atoms with van der Waals surface area (Å²) in [5.74, 6) is -0.0784. The van der Waals surface area contributed by atoms with Crippen molar-refractivity contribution in [2.75, 3.05) is 6.54 Å². The number of hydrogen-bond donors (Lipinski definition) is 1. The molecule has 28 heavy (non-hydrogen) atoms. The van der Waals surface area contributed by atoms with E-state index in [9.17, 15) is 4.79 Å². The van der Waals surface area contributed by atoms with Gasteiger partial charge in [0, 0.05) is 25.1 Å².